The molecule has 158 valence electrons. The molecule has 4 rings (SSSR count). The number of allylic oxidation sites excluding steroid dienone is 1. The number of benzene rings is 1. The van der Waals surface area contributed by atoms with Gasteiger partial charge in [-0.1, -0.05) is 48.5 Å². The number of carbonyl (C=O) groups is 2. The number of carbonyl (C=O) groups excluding carboxylic acids is 2. The standard InChI is InChI=1S/C23H27N3O3S/c1-4-18-20(22(28)29-3)21(16-9-5-14(2)6-10-16)26-17(13-30-23(26)25-18)11-19(27)24-12-15-7-8-15/h5-6,9-10,13,15,21H,4,7-8,11-12H2,1-3H3,(H,24,27)/t21-/m0/s1. The molecule has 1 saturated carbocycles. The normalized spacial score (nSPS) is 20.5. The van der Waals surface area contributed by atoms with Crippen molar-refractivity contribution >= 4 is 28.8 Å². The summed E-state index contributed by atoms with van der Waals surface area (Å²) in [5.74, 6) is 0.256. The molecule has 1 aromatic carbocycles. The number of esters is 1. The van der Waals surface area contributed by atoms with Gasteiger partial charge in [0.1, 0.15) is 0 Å². The third-order valence-electron chi connectivity index (χ3n) is 5.65. The Morgan fingerprint density at radius 2 is 2.00 bits per heavy atom. The number of aryl methyl sites for hydroxylation is 1. The number of aliphatic imine (C=N–C) groups is 1. The van der Waals surface area contributed by atoms with E-state index in [1.807, 2.05) is 48.4 Å². The molecule has 6 nitrogen and oxygen atoms in total. The predicted octanol–water partition coefficient (Wildman–Crippen LogP) is 4.05. The topological polar surface area (TPSA) is 71.0 Å². The van der Waals surface area contributed by atoms with Gasteiger partial charge in [0, 0.05) is 12.2 Å². The van der Waals surface area contributed by atoms with Crippen molar-refractivity contribution in [3.8, 4) is 0 Å². The van der Waals surface area contributed by atoms with Gasteiger partial charge < -0.3 is 15.0 Å². The summed E-state index contributed by atoms with van der Waals surface area (Å²) in [5, 5.41) is 5.81. The summed E-state index contributed by atoms with van der Waals surface area (Å²) in [6.45, 7) is 4.77. The number of hydrogen-bond acceptors (Lipinski definition) is 6. The van der Waals surface area contributed by atoms with E-state index in [2.05, 4.69) is 5.32 Å². The quantitative estimate of drug-likeness (QED) is 0.668. The second kappa shape index (κ2) is 8.68. The minimum atomic E-state index is -0.380. The van der Waals surface area contributed by atoms with Crippen molar-refractivity contribution in [3.05, 3.63) is 57.8 Å². The fourth-order valence-corrected chi connectivity index (χ4v) is 4.72. The summed E-state index contributed by atoms with van der Waals surface area (Å²) in [6.07, 6.45) is 3.29. The number of rotatable bonds is 7. The van der Waals surface area contributed by atoms with E-state index in [-0.39, 0.29) is 24.3 Å². The number of nitrogens with one attached hydrogen (secondary N) is 1. The van der Waals surface area contributed by atoms with Crippen LogP contribution in [0.3, 0.4) is 0 Å². The molecule has 1 atom stereocenters. The van der Waals surface area contributed by atoms with Crippen LogP contribution in [0.4, 0.5) is 0 Å². The Morgan fingerprint density at radius 3 is 2.63 bits per heavy atom. The number of ether oxygens (including phenoxy) is 1. The largest absolute Gasteiger partial charge is 0.466 e. The van der Waals surface area contributed by atoms with Crippen LogP contribution in [0.25, 0.3) is 0 Å². The lowest BCUT2D eigenvalue weighted by molar-refractivity contribution is -0.136. The van der Waals surface area contributed by atoms with Crippen molar-refractivity contribution in [2.45, 2.75) is 45.6 Å². The first-order valence-electron chi connectivity index (χ1n) is 10.4. The number of methoxy groups -OCH3 is 1. The van der Waals surface area contributed by atoms with E-state index in [0.717, 1.165) is 34.2 Å². The summed E-state index contributed by atoms with van der Waals surface area (Å²) in [4.78, 5) is 32.1. The van der Waals surface area contributed by atoms with Crippen molar-refractivity contribution in [2.24, 2.45) is 10.9 Å². The lowest BCUT2D eigenvalue weighted by atomic mass is 9.92. The number of fused-ring (bicyclic) bond motifs is 1. The molecule has 1 fully saturated rings. The van der Waals surface area contributed by atoms with Crippen LogP contribution in [0.15, 0.2) is 51.6 Å². The first kappa shape index (κ1) is 20.7. The summed E-state index contributed by atoms with van der Waals surface area (Å²) in [7, 11) is 1.40. The van der Waals surface area contributed by atoms with Gasteiger partial charge in [0.15, 0.2) is 5.17 Å². The molecule has 1 N–H and O–H groups in total. The average molecular weight is 426 g/mol. The van der Waals surface area contributed by atoms with Crippen LogP contribution in [0.1, 0.15) is 49.8 Å². The van der Waals surface area contributed by atoms with Gasteiger partial charge in [0.05, 0.1) is 30.8 Å². The van der Waals surface area contributed by atoms with Crippen molar-refractivity contribution in [1.82, 2.24) is 10.2 Å². The SMILES string of the molecule is CCC1=C(C(=O)OC)[C@H](c2ccc(C)cc2)N2C(CC(=O)NCC3CC3)=CSC2=N1. The molecule has 0 bridgehead atoms. The van der Waals surface area contributed by atoms with E-state index >= 15 is 0 Å². The maximum Gasteiger partial charge on any atom is 0.338 e. The van der Waals surface area contributed by atoms with Gasteiger partial charge in [0.25, 0.3) is 0 Å². The van der Waals surface area contributed by atoms with E-state index in [1.165, 1.54) is 31.7 Å². The van der Waals surface area contributed by atoms with Gasteiger partial charge in [0.2, 0.25) is 5.91 Å². The van der Waals surface area contributed by atoms with Crippen LogP contribution in [-0.4, -0.2) is 35.6 Å². The van der Waals surface area contributed by atoms with Crippen molar-refractivity contribution in [1.29, 1.82) is 0 Å². The number of amides is 1. The Labute approximate surface area is 181 Å². The first-order chi connectivity index (χ1) is 14.5. The highest BCUT2D eigenvalue weighted by atomic mass is 32.2. The van der Waals surface area contributed by atoms with Crippen LogP contribution >= 0.6 is 11.8 Å². The Morgan fingerprint density at radius 1 is 1.27 bits per heavy atom. The molecule has 30 heavy (non-hydrogen) atoms. The van der Waals surface area contributed by atoms with Gasteiger partial charge in [-0.05, 0) is 43.1 Å². The molecule has 1 aliphatic carbocycles. The molecule has 0 aromatic heterocycles. The molecular formula is C23H27N3O3S. The highest BCUT2D eigenvalue weighted by molar-refractivity contribution is 8.16. The second-order valence-corrected chi connectivity index (χ2v) is 8.77. The Bertz CT molecular complexity index is 945. The van der Waals surface area contributed by atoms with E-state index < -0.39 is 0 Å². The van der Waals surface area contributed by atoms with E-state index in [1.54, 1.807) is 0 Å². The molecule has 1 aromatic rings. The molecule has 1 amide bonds. The van der Waals surface area contributed by atoms with Crippen molar-refractivity contribution in [3.63, 3.8) is 0 Å². The predicted molar refractivity (Wildman–Crippen MR) is 119 cm³/mol. The van der Waals surface area contributed by atoms with Crippen LogP contribution in [-0.2, 0) is 14.3 Å². The maximum atomic E-state index is 12.8. The number of amidine groups is 1. The van der Waals surface area contributed by atoms with Crippen molar-refractivity contribution in [2.75, 3.05) is 13.7 Å². The molecule has 0 saturated heterocycles. The molecule has 3 aliphatic rings. The zero-order chi connectivity index (χ0) is 21.3. The summed E-state index contributed by atoms with van der Waals surface area (Å²) < 4.78 is 5.14. The van der Waals surface area contributed by atoms with E-state index in [0.29, 0.717) is 17.9 Å². The molecule has 0 unspecified atom stereocenters. The first-order valence-corrected chi connectivity index (χ1v) is 11.3. The molecule has 2 aliphatic heterocycles. The average Bonchev–Trinajstić information content (AvgIpc) is 3.51. The number of thioether (sulfide) groups is 1. The van der Waals surface area contributed by atoms with Crippen LogP contribution in [0.5, 0.6) is 0 Å². The van der Waals surface area contributed by atoms with Crippen molar-refractivity contribution < 1.29 is 14.3 Å². The van der Waals surface area contributed by atoms with Gasteiger partial charge in [-0.3, -0.25) is 4.79 Å². The van der Waals surface area contributed by atoms with Gasteiger partial charge in [-0.2, -0.15) is 0 Å². The summed E-state index contributed by atoms with van der Waals surface area (Å²) in [5.41, 5.74) is 4.26. The van der Waals surface area contributed by atoms with Crippen LogP contribution < -0.4 is 5.32 Å². The third-order valence-corrected chi connectivity index (χ3v) is 6.54. The molecule has 2 heterocycles. The molecule has 0 radical (unpaired) electrons. The highest BCUT2D eigenvalue weighted by Crippen LogP contribution is 2.45. The lowest BCUT2D eigenvalue weighted by Gasteiger charge is -2.36. The molecule has 0 spiro atoms. The van der Waals surface area contributed by atoms with Gasteiger partial charge >= 0.3 is 5.97 Å². The fraction of sp³-hybridized carbons (Fsp3) is 0.435. The Hall–Kier alpha value is -2.54. The minimum Gasteiger partial charge on any atom is -0.466 e. The maximum absolute atomic E-state index is 12.8. The van der Waals surface area contributed by atoms with E-state index in [4.69, 9.17) is 9.73 Å². The summed E-state index contributed by atoms with van der Waals surface area (Å²) in [6, 6.07) is 7.78. The number of hydrogen-bond donors (Lipinski definition) is 1. The van der Waals surface area contributed by atoms with E-state index in [9.17, 15) is 9.59 Å². The van der Waals surface area contributed by atoms with Gasteiger partial charge in [-0.25, -0.2) is 9.79 Å². The smallest absolute Gasteiger partial charge is 0.338 e. The van der Waals surface area contributed by atoms with Crippen LogP contribution in [0.2, 0.25) is 0 Å². The lowest BCUT2D eigenvalue weighted by Crippen LogP contribution is -2.38. The molecule has 7 heteroatoms. The Kier molecular flexibility index (Phi) is 5.99. The Balaban J connectivity index is 1.68. The monoisotopic (exact) mass is 425 g/mol. The fourth-order valence-electron chi connectivity index (χ4n) is 3.78. The zero-order valence-electron chi connectivity index (χ0n) is 17.6. The summed E-state index contributed by atoms with van der Waals surface area (Å²) >= 11 is 1.50. The third kappa shape index (κ3) is 4.17. The highest BCUT2D eigenvalue weighted by Gasteiger charge is 2.41. The van der Waals surface area contributed by atoms with Gasteiger partial charge in [-0.15, -0.1) is 0 Å². The van der Waals surface area contributed by atoms with Crippen LogP contribution in [0, 0.1) is 12.8 Å². The zero-order valence-corrected chi connectivity index (χ0v) is 18.4. The minimum absolute atomic E-state index is 0.00235. The second-order valence-electron chi connectivity index (χ2n) is 7.93. The number of nitrogens with zero attached hydrogens (tertiary/aromatic N) is 2. The molecular weight excluding hydrogens is 398 g/mol.